The van der Waals surface area contributed by atoms with Crippen molar-refractivity contribution in [2.75, 3.05) is 7.11 Å². The first-order valence-corrected chi connectivity index (χ1v) is 7.03. The van der Waals surface area contributed by atoms with Crippen LogP contribution in [0.25, 0.3) is 0 Å². The number of ether oxygens (including phenoxy) is 1. The van der Waals surface area contributed by atoms with Crippen molar-refractivity contribution in [2.24, 2.45) is 12.8 Å². The third-order valence-electron chi connectivity index (χ3n) is 3.41. The Bertz CT molecular complexity index is 472. The zero-order valence-electron chi connectivity index (χ0n) is 13.5. The van der Waals surface area contributed by atoms with E-state index in [1.165, 1.54) is 0 Å². The van der Waals surface area contributed by atoms with Crippen LogP contribution in [0.2, 0.25) is 0 Å². The van der Waals surface area contributed by atoms with Crippen molar-refractivity contribution in [3.63, 3.8) is 0 Å². The Morgan fingerprint density at radius 1 is 1.48 bits per heavy atom. The van der Waals surface area contributed by atoms with Gasteiger partial charge in [0, 0.05) is 7.05 Å². The van der Waals surface area contributed by atoms with Crippen molar-refractivity contribution in [1.29, 1.82) is 0 Å². The Hall–Kier alpha value is -1.27. The summed E-state index contributed by atoms with van der Waals surface area (Å²) in [6, 6.07) is 0. The van der Waals surface area contributed by atoms with Crippen molar-refractivity contribution in [3.05, 3.63) is 11.3 Å². The fourth-order valence-electron chi connectivity index (χ4n) is 2.33. The summed E-state index contributed by atoms with van der Waals surface area (Å²) < 4.78 is 7.03. The van der Waals surface area contributed by atoms with Gasteiger partial charge in [0.25, 0.3) is 0 Å². The van der Waals surface area contributed by atoms with Crippen molar-refractivity contribution >= 4 is 18.3 Å². The molecule has 1 rings (SSSR count). The van der Waals surface area contributed by atoms with Gasteiger partial charge in [-0.15, -0.1) is 12.4 Å². The van der Waals surface area contributed by atoms with E-state index >= 15 is 0 Å². The molecule has 0 aliphatic carbocycles. The molecule has 122 valence electrons. The molecule has 3 N–H and O–H groups in total. The molecule has 0 aliphatic heterocycles. The highest BCUT2D eigenvalue weighted by Gasteiger charge is 2.27. The van der Waals surface area contributed by atoms with E-state index in [0.29, 0.717) is 18.8 Å². The van der Waals surface area contributed by atoms with Crippen molar-refractivity contribution < 1.29 is 9.53 Å². The zero-order chi connectivity index (χ0) is 15.3. The summed E-state index contributed by atoms with van der Waals surface area (Å²) in [6.07, 6.45) is 2.32. The Morgan fingerprint density at radius 2 is 2.10 bits per heavy atom. The van der Waals surface area contributed by atoms with Gasteiger partial charge in [-0.05, 0) is 19.8 Å². The summed E-state index contributed by atoms with van der Waals surface area (Å²) in [6.45, 7) is 6.18. The van der Waals surface area contributed by atoms with Crippen LogP contribution in [0.3, 0.4) is 0 Å². The third-order valence-corrected chi connectivity index (χ3v) is 3.41. The molecule has 1 amide bonds. The molecule has 0 fully saturated rings. The number of nitrogens with one attached hydrogen (secondary N) is 1. The Kier molecular flexibility index (Phi) is 7.74. The Morgan fingerprint density at radius 3 is 2.57 bits per heavy atom. The van der Waals surface area contributed by atoms with E-state index in [0.717, 1.165) is 24.1 Å². The van der Waals surface area contributed by atoms with Gasteiger partial charge in [-0.25, -0.2) is 4.68 Å². The predicted molar refractivity (Wildman–Crippen MR) is 85.7 cm³/mol. The number of hydrogen-bond donors (Lipinski definition) is 2. The van der Waals surface area contributed by atoms with E-state index in [1.54, 1.807) is 18.7 Å². The van der Waals surface area contributed by atoms with Crippen LogP contribution in [0, 0.1) is 0 Å². The minimum absolute atomic E-state index is 0. The molecular weight excluding hydrogens is 292 g/mol. The van der Waals surface area contributed by atoms with Crippen molar-refractivity contribution in [2.45, 2.75) is 52.1 Å². The number of methoxy groups -OCH3 is 1. The number of aromatic nitrogens is 2. The number of halogens is 1. The molecule has 0 saturated carbocycles. The predicted octanol–water partition coefficient (Wildman–Crippen LogP) is 1.55. The number of carbonyl (C=O) groups is 1. The molecule has 0 aromatic carbocycles. The monoisotopic (exact) mass is 318 g/mol. The molecule has 7 heteroatoms. The van der Waals surface area contributed by atoms with Crippen LogP contribution < -0.4 is 15.8 Å². The van der Waals surface area contributed by atoms with Crippen molar-refractivity contribution in [1.82, 2.24) is 15.1 Å². The number of nitrogens with zero attached hydrogens (tertiary/aromatic N) is 2. The molecule has 1 atom stereocenters. The molecule has 1 heterocycles. The molecule has 1 aromatic heterocycles. The third kappa shape index (κ3) is 4.61. The maximum atomic E-state index is 12.1. The molecule has 6 nitrogen and oxygen atoms in total. The summed E-state index contributed by atoms with van der Waals surface area (Å²) in [5.41, 5.74) is 7.02. The van der Waals surface area contributed by atoms with Crippen LogP contribution in [0.15, 0.2) is 0 Å². The first-order chi connectivity index (χ1) is 9.37. The second-order valence-electron chi connectivity index (χ2n) is 5.26. The second-order valence-corrected chi connectivity index (χ2v) is 5.26. The normalized spacial score (nSPS) is 13.2. The van der Waals surface area contributed by atoms with E-state index in [1.807, 2.05) is 20.9 Å². The SMILES string of the molecule is CCCC(C)(N)C(=O)NCc1c(CC)nn(C)c1OC.Cl. The Labute approximate surface area is 132 Å². The number of hydrogen-bond acceptors (Lipinski definition) is 4. The lowest BCUT2D eigenvalue weighted by molar-refractivity contribution is -0.126. The molecule has 1 aromatic rings. The molecule has 0 saturated heterocycles. The first kappa shape index (κ1) is 19.7. The van der Waals surface area contributed by atoms with E-state index in [4.69, 9.17) is 10.5 Å². The fourth-order valence-corrected chi connectivity index (χ4v) is 2.33. The number of aryl methyl sites for hydroxylation is 2. The number of carbonyl (C=O) groups excluding carboxylic acids is 1. The second kappa shape index (κ2) is 8.24. The number of nitrogens with two attached hydrogens (primary N) is 1. The van der Waals surface area contributed by atoms with Gasteiger partial charge in [0.1, 0.15) is 0 Å². The highest BCUT2D eigenvalue weighted by atomic mass is 35.5. The lowest BCUT2D eigenvalue weighted by Crippen LogP contribution is -2.51. The quantitative estimate of drug-likeness (QED) is 0.799. The molecule has 21 heavy (non-hydrogen) atoms. The number of rotatable bonds is 7. The van der Waals surface area contributed by atoms with Crippen LogP contribution in [-0.2, 0) is 24.8 Å². The molecule has 0 radical (unpaired) electrons. The average molecular weight is 319 g/mol. The highest BCUT2D eigenvalue weighted by molar-refractivity contribution is 5.85. The lowest BCUT2D eigenvalue weighted by atomic mass is 9.96. The van der Waals surface area contributed by atoms with Gasteiger partial charge >= 0.3 is 0 Å². The average Bonchev–Trinajstić information content (AvgIpc) is 2.71. The van der Waals surface area contributed by atoms with Crippen LogP contribution >= 0.6 is 12.4 Å². The fraction of sp³-hybridized carbons (Fsp3) is 0.714. The van der Waals surface area contributed by atoms with Crippen LogP contribution in [0.4, 0.5) is 0 Å². The van der Waals surface area contributed by atoms with Gasteiger partial charge in [0.15, 0.2) is 0 Å². The van der Waals surface area contributed by atoms with E-state index < -0.39 is 5.54 Å². The Balaban J connectivity index is 0.00000400. The molecular formula is C14H27ClN4O2. The van der Waals surface area contributed by atoms with Gasteiger partial charge < -0.3 is 15.8 Å². The minimum Gasteiger partial charge on any atom is -0.481 e. The van der Waals surface area contributed by atoms with E-state index in [2.05, 4.69) is 10.4 Å². The summed E-state index contributed by atoms with van der Waals surface area (Å²) in [7, 11) is 3.43. The zero-order valence-corrected chi connectivity index (χ0v) is 14.3. The lowest BCUT2D eigenvalue weighted by Gasteiger charge is -2.22. The topological polar surface area (TPSA) is 82.2 Å². The summed E-state index contributed by atoms with van der Waals surface area (Å²) in [5.74, 6) is 0.531. The standard InChI is InChI=1S/C14H26N4O2.ClH/c1-6-8-14(3,15)13(19)16-9-10-11(7-2)17-18(4)12(10)20-5;/h6-9,15H2,1-5H3,(H,16,19);1H. The maximum Gasteiger partial charge on any atom is 0.240 e. The van der Waals surface area contributed by atoms with E-state index in [9.17, 15) is 4.79 Å². The minimum atomic E-state index is -0.837. The largest absolute Gasteiger partial charge is 0.481 e. The van der Waals surface area contributed by atoms with Gasteiger partial charge in [-0.1, -0.05) is 20.3 Å². The van der Waals surface area contributed by atoms with Gasteiger partial charge in [0.2, 0.25) is 11.8 Å². The van der Waals surface area contributed by atoms with Gasteiger partial charge in [-0.3, -0.25) is 4.79 Å². The van der Waals surface area contributed by atoms with Gasteiger partial charge in [-0.2, -0.15) is 5.10 Å². The maximum absolute atomic E-state index is 12.1. The highest BCUT2D eigenvalue weighted by Crippen LogP contribution is 2.22. The van der Waals surface area contributed by atoms with Crippen LogP contribution in [0.5, 0.6) is 5.88 Å². The molecule has 0 aliphatic rings. The summed E-state index contributed by atoms with van der Waals surface area (Å²) >= 11 is 0. The van der Waals surface area contributed by atoms with Gasteiger partial charge in [0.05, 0.1) is 30.5 Å². The number of amides is 1. The molecule has 1 unspecified atom stereocenters. The molecule has 0 bridgehead atoms. The van der Waals surface area contributed by atoms with Crippen LogP contribution in [-0.4, -0.2) is 28.3 Å². The summed E-state index contributed by atoms with van der Waals surface area (Å²) in [5, 5.41) is 7.28. The smallest absolute Gasteiger partial charge is 0.240 e. The van der Waals surface area contributed by atoms with E-state index in [-0.39, 0.29) is 18.3 Å². The molecule has 0 spiro atoms. The van der Waals surface area contributed by atoms with Crippen LogP contribution in [0.1, 0.15) is 44.9 Å². The first-order valence-electron chi connectivity index (χ1n) is 7.03. The van der Waals surface area contributed by atoms with Crippen molar-refractivity contribution in [3.8, 4) is 5.88 Å². The summed E-state index contributed by atoms with van der Waals surface area (Å²) in [4.78, 5) is 12.1.